The van der Waals surface area contributed by atoms with E-state index in [0.717, 1.165) is 5.56 Å². The Balaban J connectivity index is 1.67. The van der Waals surface area contributed by atoms with Crippen LogP contribution in [-0.4, -0.2) is 75.5 Å². The minimum absolute atomic E-state index is 0.00719. The smallest absolute Gasteiger partial charge is 0.331 e. The van der Waals surface area contributed by atoms with Crippen molar-refractivity contribution >= 4 is 41.3 Å². The Bertz CT molecular complexity index is 2140. The van der Waals surface area contributed by atoms with Crippen LogP contribution >= 0.6 is 0 Å². The first-order valence-corrected chi connectivity index (χ1v) is 21.1. The lowest BCUT2D eigenvalue weighted by atomic mass is 9.79. The molecule has 4 aromatic rings. The van der Waals surface area contributed by atoms with Gasteiger partial charge in [0.05, 0.1) is 5.69 Å². The average molecular weight is 864 g/mol. The number of nitrogens with two attached hydrogens (primary N) is 1. The number of phenols is 1. The molecule has 0 bridgehead atoms. The molecule has 9 N–H and O–H groups in total. The molecule has 0 aliphatic rings. The molecule has 0 saturated carbocycles. The predicted molar refractivity (Wildman–Crippen MR) is 241 cm³/mol. The van der Waals surface area contributed by atoms with Gasteiger partial charge in [0.15, 0.2) is 0 Å². The first kappa shape index (κ1) is 48.8. The van der Waals surface area contributed by atoms with E-state index in [1.54, 1.807) is 73.7 Å². The summed E-state index contributed by atoms with van der Waals surface area (Å²) in [5.74, 6) is -4.81. The molecule has 4 aromatic carbocycles. The predicted octanol–water partition coefficient (Wildman–Crippen LogP) is 4.95. The molecule has 4 rings (SSSR count). The zero-order valence-corrected chi connectivity index (χ0v) is 36.7. The van der Waals surface area contributed by atoms with Crippen LogP contribution in [0.4, 0.5) is 10.5 Å². The number of aliphatic carboxylic acids is 1. The summed E-state index contributed by atoms with van der Waals surface area (Å²) in [6.45, 7) is 11.0. The number of primary amides is 1. The number of anilines is 1. The number of carboxylic acids is 1. The number of amides is 6. The van der Waals surface area contributed by atoms with Crippen molar-refractivity contribution in [1.29, 1.82) is 0 Å². The van der Waals surface area contributed by atoms with Crippen molar-refractivity contribution in [3.05, 3.63) is 132 Å². The van der Waals surface area contributed by atoms with E-state index in [9.17, 15) is 39.0 Å². The van der Waals surface area contributed by atoms with Gasteiger partial charge < -0.3 is 37.2 Å². The first-order chi connectivity index (χ1) is 29.9. The molecule has 63 heavy (non-hydrogen) atoms. The van der Waals surface area contributed by atoms with Crippen molar-refractivity contribution in [2.75, 3.05) is 5.01 Å². The minimum Gasteiger partial charge on any atom is -0.508 e. The van der Waals surface area contributed by atoms with Crippen molar-refractivity contribution < 1.29 is 39.0 Å². The lowest BCUT2D eigenvalue weighted by Gasteiger charge is -2.45. The zero-order chi connectivity index (χ0) is 46.3. The zero-order valence-electron chi connectivity index (χ0n) is 36.7. The number of benzene rings is 4. The number of nitrogens with one attached hydrogen (secondary N) is 5. The lowest BCUT2D eigenvalue weighted by molar-refractivity contribution is -0.142. The van der Waals surface area contributed by atoms with Crippen molar-refractivity contribution in [2.45, 2.75) is 103 Å². The number of nitrogens with zero attached hydrogens (tertiary/aromatic N) is 1. The van der Waals surface area contributed by atoms with Crippen LogP contribution in [0, 0.1) is 11.8 Å². The summed E-state index contributed by atoms with van der Waals surface area (Å²) < 4.78 is 0. The number of carbonyl (C=O) groups is 6. The lowest BCUT2D eigenvalue weighted by Crippen LogP contribution is -2.68. The van der Waals surface area contributed by atoms with E-state index in [0.29, 0.717) is 16.8 Å². The van der Waals surface area contributed by atoms with E-state index in [2.05, 4.69) is 26.7 Å². The molecule has 6 atom stereocenters. The second-order valence-electron chi connectivity index (χ2n) is 16.8. The van der Waals surface area contributed by atoms with Gasteiger partial charge in [0.2, 0.25) is 23.6 Å². The summed E-state index contributed by atoms with van der Waals surface area (Å²) in [7, 11) is 0. The Morgan fingerprint density at radius 1 is 0.587 bits per heavy atom. The average Bonchev–Trinajstić information content (AvgIpc) is 3.25. The highest BCUT2D eigenvalue weighted by molar-refractivity contribution is 5.98. The number of aromatic hydroxyl groups is 1. The highest BCUT2D eigenvalue weighted by atomic mass is 16.4. The summed E-state index contributed by atoms with van der Waals surface area (Å²) in [5, 5.41) is 32.3. The van der Waals surface area contributed by atoms with Crippen LogP contribution in [0.15, 0.2) is 115 Å². The fraction of sp³-hybridized carbons (Fsp3) is 0.375. The molecule has 0 aliphatic carbocycles. The van der Waals surface area contributed by atoms with Crippen LogP contribution in [0.5, 0.6) is 5.75 Å². The monoisotopic (exact) mass is 863 g/mol. The maximum absolute atomic E-state index is 15.0. The molecule has 15 heteroatoms. The molecule has 0 spiro atoms. The summed E-state index contributed by atoms with van der Waals surface area (Å²) in [5.41, 5.74) is 9.22. The van der Waals surface area contributed by atoms with Crippen molar-refractivity contribution in [3.63, 3.8) is 0 Å². The second-order valence-corrected chi connectivity index (χ2v) is 16.8. The number of rotatable bonds is 22. The van der Waals surface area contributed by atoms with Crippen LogP contribution in [-0.2, 0) is 36.8 Å². The molecule has 0 saturated heterocycles. The van der Waals surface area contributed by atoms with Crippen LogP contribution in [0.3, 0.4) is 0 Å². The van der Waals surface area contributed by atoms with Gasteiger partial charge in [-0.1, -0.05) is 126 Å². The normalized spacial score (nSPS) is 14.5. The fourth-order valence-electron chi connectivity index (χ4n) is 7.35. The van der Waals surface area contributed by atoms with Gasteiger partial charge in [-0.15, -0.1) is 0 Å². The molecule has 0 fully saturated rings. The highest BCUT2D eigenvalue weighted by Gasteiger charge is 2.48. The Morgan fingerprint density at radius 2 is 1.02 bits per heavy atom. The van der Waals surface area contributed by atoms with Gasteiger partial charge in [-0.25, -0.2) is 15.0 Å². The maximum atomic E-state index is 15.0. The van der Waals surface area contributed by atoms with Gasteiger partial charge in [-0.05, 0) is 72.6 Å². The Labute approximate surface area is 369 Å². The molecule has 1 unspecified atom stereocenters. The van der Waals surface area contributed by atoms with Gasteiger partial charge in [0, 0.05) is 18.8 Å². The summed E-state index contributed by atoms with van der Waals surface area (Å²) in [4.78, 5) is 82.5. The first-order valence-electron chi connectivity index (χ1n) is 21.1. The van der Waals surface area contributed by atoms with Gasteiger partial charge in [0.25, 0.3) is 0 Å². The Kier molecular flexibility index (Phi) is 17.6. The molecular formula is C48H61N7O8. The summed E-state index contributed by atoms with van der Waals surface area (Å²) in [6.07, 6.45) is 0.251. The Morgan fingerprint density at radius 3 is 1.52 bits per heavy atom. The molecular weight excluding hydrogens is 803 g/mol. The largest absolute Gasteiger partial charge is 0.508 e. The molecule has 0 radical (unpaired) electrons. The third-order valence-corrected chi connectivity index (χ3v) is 10.9. The number of phenolic OH excluding ortho intramolecular Hbond substituents is 1. The second kappa shape index (κ2) is 22.8. The number of hydrogen-bond donors (Lipinski definition) is 8. The molecule has 0 aliphatic heterocycles. The third-order valence-electron chi connectivity index (χ3n) is 10.9. The van der Waals surface area contributed by atoms with E-state index < -0.39 is 71.3 Å². The third kappa shape index (κ3) is 14.1. The SMILES string of the molecule is CC(C)C[C@@H](NC(=O)[C@H](Cc1ccccc1)NC(=O)[C@@H](CC(C)C)NC(=O)[C@](C)(C(C)c1ccccc1)N(NC(N)=O)c1ccccc1)C(=O)N[C@@H](Cc1ccc(O)cc1)C(=O)O. The van der Waals surface area contributed by atoms with Crippen LogP contribution in [0.1, 0.15) is 77.0 Å². The van der Waals surface area contributed by atoms with Gasteiger partial charge in [0.1, 0.15) is 35.5 Å². The number of hydrazine groups is 1. The molecule has 15 nitrogen and oxygen atoms in total. The number of urea groups is 1. The Hall–Kier alpha value is -6.90. The number of carbonyl (C=O) groups excluding carboxylic acids is 5. The van der Waals surface area contributed by atoms with E-state index >= 15 is 0 Å². The molecule has 0 heterocycles. The highest BCUT2D eigenvalue weighted by Crippen LogP contribution is 2.36. The van der Waals surface area contributed by atoms with Crippen LogP contribution < -0.4 is 37.4 Å². The molecule has 6 amide bonds. The molecule has 0 aromatic heterocycles. The van der Waals surface area contributed by atoms with E-state index in [4.69, 9.17) is 5.73 Å². The van der Waals surface area contributed by atoms with Gasteiger partial charge in [-0.2, -0.15) is 0 Å². The standard InChI is InChI=1S/C48H61N7O8/c1-30(2)26-38(42(57)52-41(45(60)61)29-34-22-24-37(56)25-23-34)50-44(59)40(28-33-16-10-7-11-17-33)51-43(58)39(27-31(3)4)53-46(62)48(6,32(5)35-18-12-8-13-19-35)55(54-47(49)63)36-20-14-9-15-21-36/h7-25,30-32,38-41,56H,26-29H2,1-6H3,(H,50,59)(H,51,58)(H,52,57)(H,53,62)(H,60,61)(H3,49,54,63)/t32?,38-,39-,40+,41+,48+/m1/s1. The van der Waals surface area contributed by atoms with Crippen LogP contribution in [0.25, 0.3) is 0 Å². The number of carboxylic acid groups (broad SMARTS) is 1. The topological polar surface area (TPSA) is 232 Å². The van der Waals surface area contributed by atoms with E-state index in [1.165, 1.54) is 17.1 Å². The molecule has 336 valence electrons. The minimum atomic E-state index is -1.60. The van der Waals surface area contributed by atoms with Gasteiger partial charge >= 0.3 is 12.0 Å². The van der Waals surface area contributed by atoms with E-state index in [-0.39, 0.29) is 43.3 Å². The number of hydrogen-bond acceptors (Lipinski definition) is 8. The van der Waals surface area contributed by atoms with E-state index in [1.807, 2.05) is 71.0 Å². The number of para-hydroxylation sites is 1. The summed E-state index contributed by atoms with van der Waals surface area (Å²) >= 11 is 0. The summed E-state index contributed by atoms with van der Waals surface area (Å²) in [6, 6.07) is 27.0. The van der Waals surface area contributed by atoms with Crippen molar-refractivity contribution in [1.82, 2.24) is 26.7 Å². The van der Waals surface area contributed by atoms with Crippen LogP contribution in [0.2, 0.25) is 0 Å². The van der Waals surface area contributed by atoms with Crippen molar-refractivity contribution in [2.24, 2.45) is 17.6 Å². The maximum Gasteiger partial charge on any atom is 0.331 e. The van der Waals surface area contributed by atoms with Crippen molar-refractivity contribution in [3.8, 4) is 5.75 Å². The van der Waals surface area contributed by atoms with Gasteiger partial charge in [-0.3, -0.25) is 24.2 Å². The fourth-order valence-corrected chi connectivity index (χ4v) is 7.35. The quantitative estimate of drug-likeness (QED) is 0.0499.